The molecule has 3 N–H and O–H groups in total. The van der Waals surface area contributed by atoms with Gasteiger partial charge in [0.25, 0.3) is 0 Å². The zero-order valence-corrected chi connectivity index (χ0v) is 13.5. The second kappa shape index (κ2) is 6.01. The predicted octanol–water partition coefficient (Wildman–Crippen LogP) is 1.23. The fourth-order valence-corrected chi connectivity index (χ4v) is 4.85. The molecule has 0 saturated heterocycles. The molecule has 2 aromatic heterocycles. The van der Waals surface area contributed by atoms with Crippen molar-refractivity contribution in [1.82, 2.24) is 15.0 Å². The van der Waals surface area contributed by atoms with Gasteiger partial charge in [0.05, 0.1) is 11.4 Å². The summed E-state index contributed by atoms with van der Waals surface area (Å²) in [4.78, 5) is 14.6. The molecular formula is C12H15N3O3S3. The average molecular weight is 345 g/mol. The highest BCUT2D eigenvalue weighted by atomic mass is 32.2. The van der Waals surface area contributed by atoms with Crippen LogP contribution in [0.2, 0.25) is 0 Å². The van der Waals surface area contributed by atoms with Crippen LogP contribution < -0.4 is 14.9 Å². The Balaban J connectivity index is 1.68. The highest BCUT2D eigenvalue weighted by molar-refractivity contribution is 7.89. The number of aromatic nitrogens is 1. The molecule has 0 radical (unpaired) electrons. The molecule has 1 saturated carbocycles. The van der Waals surface area contributed by atoms with Crippen LogP contribution in [0.1, 0.15) is 23.4 Å². The van der Waals surface area contributed by atoms with E-state index >= 15 is 0 Å². The smallest absolute Gasteiger partial charge is 0.304 e. The summed E-state index contributed by atoms with van der Waals surface area (Å²) < 4.78 is 27.2. The van der Waals surface area contributed by atoms with Crippen molar-refractivity contribution in [2.75, 3.05) is 0 Å². The van der Waals surface area contributed by atoms with Crippen molar-refractivity contribution in [3.05, 3.63) is 37.1 Å². The first-order valence-corrected chi connectivity index (χ1v) is 9.75. The minimum Gasteiger partial charge on any atom is -0.315 e. The molecule has 0 unspecified atom stereocenters. The molecule has 21 heavy (non-hydrogen) atoms. The van der Waals surface area contributed by atoms with E-state index < -0.39 is 10.0 Å². The van der Waals surface area contributed by atoms with Crippen molar-refractivity contribution in [3.63, 3.8) is 0 Å². The lowest BCUT2D eigenvalue weighted by atomic mass is 10.4. The van der Waals surface area contributed by atoms with E-state index in [1.807, 2.05) is 0 Å². The molecule has 0 aromatic carbocycles. The van der Waals surface area contributed by atoms with Crippen molar-refractivity contribution in [2.45, 2.75) is 36.9 Å². The van der Waals surface area contributed by atoms with Gasteiger partial charge < -0.3 is 10.3 Å². The normalized spacial score (nSPS) is 15.4. The van der Waals surface area contributed by atoms with E-state index in [2.05, 4.69) is 15.0 Å². The Hall–Kier alpha value is -1.00. The maximum absolute atomic E-state index is 12.3. The minimum atomic E-state index is -3.56. The second-order valence-electron chi connectivity index (χ2n) is 4.86. The van der Waals surface area contributed by atoms with Gasteiger partial charge in [0, 0.05) is 28.5 Å². The van der Waals surface area contributed by atoms with Gasteiger partial charge in [0.1, 0.15) is 0 Å². The Morgan fingerprint density at radius 3 is 2.76 bits per heavy atom. The molecule has 114 valence electrons. The first-order chi connectivity index (χ1) is 10.0. The van der Waals surface area contributed by atoms with E-state index in [0.717, 1.165) is 29.1 Å². The highest BCUT2D eigenvalue weighted by Crippen LogP contribution is 2.24. The van der Waals surface area contributed by atoms with Crippen LogP contribution >= 0.6 is 22.7 Å². The van der Waals surface area contributed by atoms with Crippen molar-refractivity contribution in [1.29, 1.82) is 0 Å². The van der Waals surface area contributed by atoms with Crippen LogP contribution in [0.25, 0.3) is 0 Å². The SMILES string of the molecule is O=c1[nH]c(CNS(=O)(=O)c2ccsc2CNC2CC2)cs1. The van der Waals surface area contributed by atoms with Gasteiger partial charge in [-0.3, -0.25) is 4.79 Å². The molecule has 2 aromatic rings. The van der Waals surface area contributed by atoms with E-state index in [9.17, 15) is 13.2 Å². The van der Waals surface area contributed by atoms with Crippen LogP contribution in [0.5, 0.6) is 0 Å². The van der Waals surface area contributed by atoms with Crippen molar-refractivity contribution >= 4 is 32.7 Å². The van der Waals surface area contributed by atoms with Crippen LogP contribution in [0.15, 0.2) is 26.5 Å². The summed E-state index contributed by atoms with van der Waals surface area (Å²) in [6.45, 7) is 0.667. The zero-order chi connectivity index (χ0) is 14.9. The van der Waals surface area contributed by atoms with Gasteiger partial charge in [-0.25, -0.2) is 13.1 Å². The van der Waals surface area contributed by atoms with E-state index in [1.165, 1.54) is 11.3 Å². The summed E-state index contributed by atoms with van der Waals surface area (Å²) >= 11 is 2.45. The number of aromatic amines is 1. The van der Waals surface area contributed by atoms with Crippen LogP contribution in [0, 0.1) is 0 Å². The number of hydrogen-bond donors (Lipinski definition) is 3. The Morgan fingerprint density at radius 2 is 2.10 bits per heavy atom. The Bertz CT molecular complexity index is 771. The monoisotopic (exact) mass is 345 g/mol. The summed E-state index contributed by atoms with van der Waals surface area (Å²) in [7, 11) is -3.56. The lowest BCUT2D eigenvalue weighted by Gasteiger charge is -2.07. The van der Waals surface area contributed by atoms with Gasteiger partial charge in [0.15, 0.2) is 0 Å². The molecule has 0 bridgehead atoms. The molecule has 9 heteroatoms. The second-order valence-corrected chi connectivity index (χ2v) is 8.44. The summed E-state index contributed by atoms with van der Waals surface area (Å²) in [6.07, 6.45) is 2.33. The molecule has 1 aliphatic carbocycles. The van der Waals surface area contributed by atoms with Crippen LogP contribution in [0.4, 0.5) is 0 Å². The lowest BCUT2D eigenvalue weighted by molar-refractivity contribution is 0.578. The van der Waals surface area contributed by atoms with Crippen molar-refractivity contribution in [2.24, 2.45) is 0 Å². The molecule has 0 aliphatic heterocycles. The molecule has 6 nitrogen and oxygen atoms in total. The number of H-pyrrole nitrogens is 1. The van der Waals surface area contributed by atoms with E-state index in [0.29, 0.717) is 23.2 Å². The Labute approximate surface area is 130 Å². The topological polar surface area (TPSA) is 91.1 Å². The van der Waals surface area contributed by atoms with Gasteiger partial charge in [-0.1, -0.05) is 11.3 Å². The lowest BCUT2D eigenvalue weighted by Crippen LogP contribution is -2.25. The maximum atomic E-state index is 12.3. The van der Waals surface area contributed by atoms with Gasteiger partial charge in [-0.15, -0.1) is 11.3 Å². The van der Waals surface area contributed by atoms with Gasteiger partial charge in [0.2, 0.25) is 10.0 Å². The number of nitrogens with one attached hydrogen (secondary N) is 3. The third kappa shape index (κ3) is 3.80. The first-order valence-electron chi connectivity index (χ1n) is 6.51. The fraction of sp³-hybridized carbons (Fsp3) is 0.417. The highest BCUT2D eigenvalue weighted by Gasteiger charge is 2.23. The molecule has 0 amide bonds. The quantitative estimate of drug-likeness (QED) is 0.704. The zero-order valence-electron chi connectivity index (χ0n) is 11.1. The summed E-state index contributed by atoms with van der Waals surface area (Å²) in [6, 6.07) is 2.15. The third-order valence-corrected chi connectivity index (χ3v) is 6.40. The number of hydrogen-bond acceptors (Lipinski definition) is 6. The Morgan fingerprint density at radius 1 is 1.29 bits per heavy atom. The standard InChI is InChI=1S/C12H15N3O3S3/c16-12-15-9(7-20-12)5-14-21(17,18)11-3-4-19-10(11)6-13-8-1-2-8/h3-4,7-8,13-14H,1-2,5-6H2,(H,15,16). The molecule has 1 fully saturated rings. The molecular weight excluding hydrogens is 330 g/mol. The van der Waals surface area contributed by atoms with Crippen molar-refractivity contribution in [3.8, 4) is 0 Å². The molecule has 0 spiro atoms. The fourth-order valence-electron chi connectivity index (χ4n) is 1.87. The van der Waals surface area contributed by atoms with Crippen LogP contribution in [-0.2, 0) is 23.1 Å². The van der Waals surface area contributed by atoms with E-state index in [4.69, 9.17) is 0 Å². The van der Waals surface area contributed by atoms with Crippen LogP contribution in [0.3, 0.4) is 0 Å². The van der Waals surface area contributed by atoms with E-state index in [1.54, 1.807) is 16.8 Å². The summed E-state index contributed by atoms with van der Waals surface area (Å²) in [5.74, 6) is 0. The van der Waals surface area contributed by atoms with Crippen LogP contribution in [-0.4, -0.2) is 19.4 Å². The third-order valence-electron chi connectivity index (χ3n) is 3.15. The molecule has 1 aliphatic rings. The predicted molar refractivity (Wildman–Crippen MR) is 83.1 cm³/mol. The molecule has 2 heterocycles. The maximum Gasteiger partial charge on any atom is 0.304 e. The summed E-state index contributed by atoms with van der Waals surface area (Å²) in [5, 5.41) is 6.72. The number of rotatable bonds is 7. The number of thiazole rings is 1. The van der Waals surface area contributed by atoms with E-state index in [-0.39, 0.29) is 11.4 Å². The molecule has 3 rings (SSSR count). The minimum absolute atomic E-state index is 0.0897. The van der Waals surface area contributed by atoms with Gasteiger partial charge in [-0.2, -0.15) is 0 Å². The molecule has 0 atom stereocenters. The largest absolute Gasteiger partial charge is 0.315 e. The number of thiophene rings is 1. The van der Waals surface area contributed by atoms with Gasteiger partial charge in [-0.05, 0) is 24.3 Å². The average Bonchev–Trinajstić information content (AvgIpc) is 2.97. The first kappa shape index (κ1) is 14.9. The Kier molecular flexibility index (Phi) is 4.27. The van der Waals surface area contributed by atoms with Gasteiger partial charge >= 0.3 is 4.87 Å². The number of sulfonamides is 1. The summed E-state index contributed by atoms with van der Waals surface area (Å²) in [5.41, 5.74) is 0.571. The van der Waals surface area contributed by atoms with Crippen molar-refractivity contribution < 1.29 is 8.42 Å².